The SMILES string of the molecule is N#Cc1cc(-c2ccccc2)ccc1N(C1=CCC2CCC3=C(N(C4=CCCC=N4)C4=CCC(c5ccccc5)CC4C#N)CCC4=C3C2=C1CC4)C1CC=CC=N1. The van der Waals surface area contributed by atoms with Gasteiger partial charge in [0.05, 0.1) is 23.2 Å². The van der Waals surface area contributed by atoms with E-state index in [-0.39, 0.29) is 12.1 Å². The zero-order valence-corrected chi connectivity index (χ0v) is 33.0. The van der Waals surface area contributed by atoms with Crippen LogP contribution in [0, 0.1) is 34.5 Å². The van der Waals surface area contributed by atoms with E-state index in [0.717, 1.165) is 105 Å². The highest BCUT2D eigenvalue weighted by molar-refractivity contribution is 5.77. The first-order valence-electron chi connectivity index (χ1n) is 21.3. The van der Waals surface area contributed by atoms with Gasteiger partial charge in [-0.25, -0.2) is 4.99 Å². The highest BCUT2D eigenvalue weighted by atomic mass is 15.3. The third kappa shape index (κ3) is 6.42. The number of hydrogen-bond acceptors (Lipinski definition) is 6. The lowest BCUT2D eigenvalue weighted by molar-refractivity contribution is 0.384. The predicted molar refractivity (Wildman–Crippen MR) is 233 cm³/mol. The molecule has 0 bridgehead atoms. The molecule has 0 spiro atoms. The molecule has 1 saturated carbocycles. The number of benzene rings is 3. The number of allylic oxidation sites excluding steroid dienone is 11. The number of dihydropyridines is 1. The normalized spacial score (nSPS) is 24.6. The summed E-state index contributed by atoms with van der Waals surface area (Å²) in [5.74, 6) is 1.56. The molecule has 0 amide bonds. The lowest BCUT2D eigenvalue weighted by Gasteiger charge is -2.47. The molecule has 7 aliphatic rings. The number of hydrogen-bond donors (Lipinski definition) is 0. The molecule has 1 fully saturated rings. The van der Waals surface area contributed by atoms with Gasteiger partial charge in [0.15, 0.2) is 0 Å². The molecule has 286 valence electrons. The average molecular weight is 757 g/mol. The molecular formula is C52H48N6. The van der Waals surface area contributed by atoms with E-state index >= 15 is 0 Å². The Labute approximate surface area is 342 Å². The fourth-order valence-electron chi connectivity index (χ4n) is 10.7. The van der Waals surface area contributed by atoms with Gasteiger partial charge in [-0.2, -0.15) is 10.5 Å². The second-order valence-corrected chi connectivity index (χ2v) is 16.6. The van der Waals surface area contributed by atoms with Crippen LogP contribution < -0.4 is 4.90 Å². The van der Waals surface area contributed by atoms with E-state index in [1.165, 1.54) is 39.2 Å². The zero-order chi connectivity index (χ0) is 39.0. The van der Waals surface area contributed by atoms with Crippen molar-refractivity contribution in [3.63, 3.8) is 0 Å². The van der Waals surface area contributed by atoms with E-state index in [0.29, 0.717) is 17.4 Å². The van der Waals surface area contributed by atoms with Crippen LogP contribution in [-0.4, -0.2) is 23.5 Å². The predicted octanol–water partition coefficient (Wildman–Crippen LogP) is 12.1. The van der Waals surface area contributed by atoms with Crippen LogP contribution in [0.5, 0.6) is 0 Å². The highest BCUT2D eigenvalue weighted by Gasteiger charge is 2.43. The topological polar surface area (TPSA) is 78.8 Å². The Morgan fingerprint density at radius 1 is 0.741 bits per heavy atom. The quantitative estimate of drug-likeness (QED) is 0.229. The van der Waals surface area contributed by atoms with Gasteiger partial charge in [0, 0.05) is 35.9 Å². The largest absolute Gasteiger partial charge is 0.317 e. The molecule has 0 N–H and O–H groups in total. The summed E-state index contributed by atoms with van der Waals surface area (Å²) in [5.41, 5.74) is 16.2. The van der Waals surface area contributed by atoms with Crippen molar-refractivity contribution < 1.29 is 0 Å². The fraction of sp³-hybridized carbons (Fsp3) is 0.308. The maximum absolute atomic E-state index is 10.8. The van der Waals surface area contributed by atoms with Crippen molar-refractivity contribution in [3.8, 4) is 23.3 Å². The van der Waals surface area contributed by atoms with Gasteiger partial charge in [-0.3, -0.25) is 4.99 Å². The number of rotatable bonds is 8. The lowest BCUT2D eigenvalue weighted by atomic mass is 9.64. The van der Waals surface area contributed by atoms with Crippen LogP contribution in [0.1, 0.15) is 94.1 Å². The van der Waals surface area contributed by atoms with E-state index in [4.69, 9.17) is 9.98 Å². The van der Waals surface area contributed by atoms with Gasteiger partial charge in [0.1, 0.15) is 18.1 Å². The molecule has 6 nitrogen and oxygen atoms in total. The maximum Gasteiger partial charge on any atom is 0.132 e. The van der Waals surface area contributed by atoms with Crippen LogP contribution in [0.3, 0.4) is 0 Å². The van der Waals surface area contributed by atoms with E-state index in [2.05, 4.69) is 107 Å². The second-order valence-electron chi connectivity index (χ2n) is 16.6. The summed E-state index contributed by atoms with van der Waals surface area (Å²) in [7, 11) is 0. The molecule has 2 heterocycles. The minimum Gasteiger partial charge on any atom is -0.317 e. The molecule has 6 heteroatoms. The Hall–Kier alpha value is -6.24. The van der Waals surface area contributed by atoms with Crippen molar-refractivity contribution >= 4 is 18.1 Å². The number of nitrogens with zero attached hydrogens (tertiary/aromatic N) is 6. The van der Waals surface area contributed by atoms with Gasteiger partial charge in [0.25, 0.3) is 0 Å². The molecule has 2 aliphatic heterocycles. The van der Waals surface area contributed by atoms with E-state index in [1.807, 2.05) is 36.6 Å². The monoisotopic (exact) mass is 756 g/mol. The summed E-state index contributed by atoms with van der Waals surface area (Å²) < 4.78 is 0. The van der Waals surface area contributed by atoms with Gasteiger partial charge in [-0.1, -0.05) is 90.5 Å². The molecular weight excluding hydrogens is 709 g/mol. The summed E-state index contributed by atoms with van der Waals surface area (Å²) in [6, 6.07) is 32.7. The highest BCUT2D eigenvalue weighted by Crippen LogP contribution is 2.56. The van der Waals surface area contributed by atoms with Crippen molar-refractivity contribution in [1.82, 2.24) is 4.90 Å². The van der Waals surface area contributed by atoms with Gasteiger partial charge in [-0.15, -0.1) is 0 Å². The number of nitriles is 2. The van der Waals surface area contributed by atoms with Gasteiger partial charge in [-0.05, 0) is 146 Å². The smallest absolute Gasteiger partial charge is 0.132 e. The first-order chi connectivity index (χ1) is 28.7. The molecule has 3 aromatic rings. The standard InChI is InChI=1S/C52H48N6/c53-33-41-31-39(35-11-3-1-4-12-35)21-25-45(41)57(49-15-7-9-29-55-49)47-27-19-37-18-24-44-48(28-20-38-17-23-43(47)51(37)52(38)44)58(50-16-8-10-30-56-50)46-26-22-40(32-42(46)34-54)36-13-5-2-6-14-36/h1-7,9,11-14,16,21,25-27,29-31,37,40,42,49H,8,10,15,17-20,22-24,28,32H2. The van der Waals surface area contributed by atoms with Gasteiger partial charge in [0.2, 0.25) is 0 Å². The number of anilines is 1. The molecule has 3 aromatic carbocycles. The van der Waals surface area contributed by atoms with Crippen LogP contribution >= 0.6 is 0 Å². The Kier molecular flexibility index (Phi) is 9.72. The van der Waals surface area contributed by atoms with Gasteiger partial charge < -0.3 is 9.80 Å². The third-order valence-electron chi connectivity index (χ3n) is 13.4. The number of aliphatic imine (C=N–C) groups is 2. The molecule has 4 unspecified atom stereocenters. The van der Waals surface area contributed by atoms with E-state index < -0.39 is 0 Å². The molecule has 0 radical (unpaired) electrons. The Morgan fingerprint density at radius 2 is 1.57 bits per heavy atom. The first kappa shape index (κ1) is 36.1. The minimum atomic E-state index is -0.219. The van der Waals surface area contributed by atoms with Crippen LogP contribution in [0.25, 0.3) is 11.1 Å². The van der Waals surface area contributed by atoms with Crippen LogP contribution in [0.2, 0.25) is 0 Å². The fourth-order valence-corrected chi connectivity index (χ4v) is 10.7. The van der Waals surface area contributed by atoms with Crippen LogP contribution in [0.15, 0.2) is 170 Å². The second kappa shape index (κ2) is 15.6. The molecule has 58 heavy (non-hydrogen) atoms. The first-order valence-corrected chi connectivity index (χ1v) is 21.3. The third-order valence-corrected chi connectivity index (χ3v) is 13.4. The minimum absolute atomic E-state index is 0.140. The van der Waals surface area contributed by atoms with Crippen molar-refractivity contribution in [2.45, 2.75) is 89.1 Å². The van der Waals surface area contributed by atoms with Crippen LogP contribution in [-0.2, 0) is 0 Å². The Bertz CT molecular complexity index is 2510. The molecule has 5 aliphatic carbocycles. The van der Waals surface area contributed by atoms with Crippen molar-refractivity contribution in [2.75, 3.05) is 4.90 Å². The van der Waals surface area contributed by atoms with Crippen molar-refractivity contribution in [3.05, 3.63) is 171 Å². The Morgan fingerprint density at radius 3 is 2.34 bits per heavy atom. The summed E-state index contributed by atoms with van der Waals surface area (Å²) in [5, 5.41) is 21.5. The van der Waals surface area contributed by atoms with Crippen LogP contribution in [0.4, 0.5) is 5.69 Å². The van der Waals surface area contributed by atoms with E-state index in [1.54, 1.807) is 5.57 Å². The van der Waals surface area contributed by atoms with E-state index in [9.17, 15) is 10.5 Å². The Balaban J connectivity index is 1.08. The molecule has 0 aromatic heterocycles. The molecule has 0 saturated heterocycles. The summed E-state index contributed by atoms with van der Waals surface area (Å²) in [6.45, 7) is 0. The molecule has 10 rings (SSSR count). The van der Waals surface area contributed by atoms with Crippen molar-refractivity contribution in [1.29, 1.82) is 10.5 Å². The maximum atomic E-state index is 10.8. The average Bonchev–Trinajstić information content (AvgIpc) is 3.30. The zero-order valence-electron chi connectivity index (χ0n) is 33.0. The summed E-state index contributed by atoms with van der Waals surface area (Å²) in [4.78, 5) is 14.9. The van der Waals surface area contributed by atoms with Gasteiger partial charge >= 0.3 is 0 Å². The van der Waals surface area contributed by atoms with Crippen molar-refractivity contribution in [2.24, 2.45) is 21.8 Å². The molecule has 4 atom stereocenters. The summed E-state index contributed by atoms with van der Waals surface area (Å²) >= 11 is 0. The lowest BCUT2D eigenvalue weighted by Crippen LogP contribution is -2.38. The summed E-state index contributed by atoms with van der Waals surface area (Å²) in [6.07, 6.45) is 26.7.